The van der Waals surface area contributed by atoms with Gasteiger partial charge in [0.05, 0.1) is 12.6 Å². The molecule has 1 aromatic carbocycles. The van der Waals surface area contributed by atoms with E-state index in [0.717, 1.165) is 38.9 Å². The number of benzene rings is 1. The maximum atomic E-state index is 9.69. The van der Waals surface area contributed by atoms with Crippen LogP contribution in [-0.4, -0.2) is 37.4 Å². The van der Waals surface area contributed by atoms with Crippen LogP contribution in [0.5, 0.6) is 0 Å². The van der Waals surface area contributed by atoms with Crippen molar-refractivity contribution in [3.63, 3.8) is 0 Å². The number of aliphatic hydroxyl groups excluding tert-OH is 1. The molecule has 0 radical (unpaired) electrons. The molecule has 1 unspecified atom stereocenters. The lowest BCUT2D eigenvalue weighted by molar-refractivity contribution is 0.260. The summed E-state index contributed by atoms with van der Waals surface area (Å²) >= 11 is 0. The summed E-state index contributed by atoms with van der Waals surface area (Å²) in [6.07, 6.45) is 3.23. The predicted octanol–water partition coefficient (Wildman–Crippen LogP) is 1.97. The van der Waals surface area contributed by atoms with Crippen LogP contribution in [-0.2, 0) is 12.8 Å². The van der Waals surface area contributed by atoms with Crippen molar-refractivity contribution >= 4 is 5.69 Å². The molecule has 0 aromatic heterocycles. The first-order chi connectivity index (χ1) is 9.31. The third-order valence-electron chi connectivity index (χ3n) is 4.04. The van der Waals surface area contributed by atoms with E-state index in [2.05, 4.69) is 42.3 Å². The van der Waals surface area contributed by atoms with E-state index >= 15 is 0 Å². The zero-order valence-corrected chi connectivity index (χ0v) is 12.2. The number of anilines is 1. The minimum absolute atomic E-state index is 0.195. The molecule has 3 heteroatoms. The van der Waals surface area contributed by atoms with Gasteiger partial charge in [0.2, 0.25) is 0 Å². The Morgan fingerprint density at radius 3 is 2.53 bits per heavy atom. The summed E-state index contributed by atoms with van der Waals surface area (Å²) < 4.78 is 0. The van der Waals surface area contributed by atoms with Gasteiger partial charge in [0.15, 0.2) is 0 Å². The van der Waals surface area contributed by atoms with E-state index in [1.807, 2.05) is 0 Å². The number of rotatable bonds is 4. The standard InChI is InChI=1S/C16H26N2O/c1-3-13-7-5-8-14(4-2)16(13)18-10-6-9-17-11-15(18)12-19/h5,7-8,15,17,19H,3-4,6,9-12H2,1-2H3. The van der Waals surface area contributed by atoms with Crippen molar-refractivity contribution in [3.8, 4) is 0 Å². The Labute approximate surface area is 116 Å². The zero-order valence-electron chi connectivity index (χ0n) is 12.2. The van der Waals surface area contributed by atoms with Crippen LogP contribution in [0.4, 0.5) is 5.69 Å². The number of hydrogen-bond donors (Lipinski definition) is 2. The van der Waals surface area contributed by atoms with Gasteiger partial charge in [0.1, 0.15) is 0 Å². The fourth-order valence-corrected chi connectivity index (χ4v) is 2.98. The largest absolute Gasteiger partial charge is 0.394 e. The molecule has 1 saturated heterocycles. The van der Waals surface area contributed by atoms with E-state index in [1.165, 1.54) is 16.8 Å². The first kappa shape index (κ1) is 14.4. The molecule has 3 nitrogen and oxygen atoms in total. The molecule has 19 heavy (non-hydrogen) atoms. The van der Waals surface area contributed by atoms with Crippen LogP contribution in [0.3, 0.4) is 0 Å². The monoisotopic (exact) mass is 262 g/mol. The molecule has 106 valence electrons. The van der Waals surface area contributed by atoms with Gasteiger partial charge in [-0.05, 0) is 36.9 Å². The van der Waals surface area contributed by atoms with Gasteiger partial charge < -0.3 is 15.3 Å². The van der Waals surface area contributed by atoms with E-state index in [4.69, 9.17) is 0 Å². The number of para-hydroxylation sites is 1. The van der Waals surface area contributed by atoms with Crippen LogP contribution >= 0.6 is 0 Å². The average Bonchev–Trinajstić information content (AvgIpc) is 2.71. The molecule has 1 heterocycles. The quantitative estimate of drug-likeness (QED) is 0.871. The zero-order chi connectivity index (χ0) is 13.7. The molecule has 0 bridgehead atoms. The average molecular weight is 262 g/mol. The van der Waals surface area contributed by atoms with Crippen molar-refractivity contribution in [3.05, 3.63) is 29.3 Å². The Bertz CT molecular complexity index is 383. The van der Waals surface area contributed by atoms with Gasteiger partial charge in [-0.3, -0.25) is 0 Å². The summed E-state index contributed by atoms with van der Waals surface area (Å²) in [5.74, 6) is 0. The van der Waals surface area contributed by atoms with E-state index in [9.17, 15) is 5.11 Å². The third-order valence-corrected chi connectivity index (χ3v) is 4.04. The van der Waals surface area contributed by atoms with Crippen LogP contribution < -0.4 is 10.2 Å². The Morgan fingerprint density at radius 1 is 1.26 bits per heavy atom. The molecular weight excluding hydrogens is 236 g/mol. The highest BCUT2D eigenvalue weighted by atomic mass is 16.3. The summed E-state index contributed by atoms with van der Waals surface area (Å²) in [6, 6.07) is 6.80. The number of aryl methyl sites for hydroxylation is 2. The summed E-state index contributed by atoms with van der Waals surface area (Å²) in [4.78, 5) is 2.43. The topological polar surface area (TPSA) is 35.5 Å². The van der Waals surface area contributed by atoms with Crippen molar-refractivity contribution in [2.24, 2.45) is 0 Å². The van der Waals surface area contributed by atoms with Crippen LogP contribution in [0.25, 0.3) is 0 Å². The highest BCUT2D eigenvalue weighted by Crippen LogP contribution is 2.29. The van der Waals surface area contributed by atoms with E-state index < -0.39 is 0 Å². The lowest BCUT2D eigenvalue weighted by atomic mass is 10.0. The normalized spacial score (nSPS) is 20.4. The van der Waals surface area contributed by atoms with Crippen LogP contribution in [0, 0.1) is 0 Å². The molecule has 1 aliphatic rings. The molecule has 1 aromatic rings. The Kier molecular flexibility index (Phi) is 5.23. The van der Waals surface area contributed by atoms with Crippen molar-refractivity contribution in [1.29, 1.82) is 0 Å². The summed E-state index contributed by atoms with van der Waals surface area (Å²) in [7, 11) is 0. The van der Waals surface area contributed by atoms with Crippen molar-refractivity contribution in [1.82, 2.24) is 5.32 Å². The molecule has 1 aliphatic heterocycles. The van der Waals surface area contributed by atoms with Crippen molar-refractivity contribution in [2.75, 3.05) is 31.1 Å². The maximum absolute atomic E-state index is 9.69. The summed E-state index contributed by atoms with van der Waals surface area (Å²) in [5, 5.41) is 13.1. The number of nitrogens with one attached hydrogen (secondary N) is 1. The van der Waals surface area contributed by atoms with Crippen molar-refractivity contribution < 1.29 is 5.11 Å². The van der Waals surface area contributed by atoms with Gasteiger partial charge in [-0.15, -0.1) is 0 Å². The number of aliphatic hydroxyl groups is 1. The maximum Gasteiger partial charge on any atom is 0.0647 e. The molecular formula is C16H26N2O. The Hall–Kier alpha value is -1.06. The fraction of sp³-hybridized carbons (Fsp3) is 0.625. The minimum atomic E-state index is 0.195. The van der Waals surface area contributed by atoms with Gasteiger partial charge in [-0.25, -0.2) is 0 Å². The van der Waals surface area contributed by atoms with E-state index in [-0.39, 0.29) is 12.6 Å². The van der Waals surface area contributed by atoms with Gasteiger partial charge >= 0.3 is 0 Å². The van der Waals surface area contributed by atoms with Crippen LogP contribution in [0.2, 0.25) is 0 Å². The third kappa shape index (κ3) is 3.10. The molecule has 0 amide bonds. The van der Waals surface area contributed by atoms with Crippen LogP contribution in [0.15, 0.2) is 18.2 Å². The second kappa shape index (κ2) is 6.92. The Balaban J connectivity index is 2.41. The highest BCUT2D eigenvalue weighted by molar-refractivity contribution is 5.61. The molecule has 2 rings (SSSR count). The molecule has 0 aliphatic carbocycles. The fourth-order valence-electron chi connectivity index (χ4n) is 2.98. The first-order valence-corrected chi connectivity index (χ1v) is 7.50. The second-order valence-electron chi connectivity index (χ2n) is 5.22. The molecule has 1 atom stereocenters. The number of nitrogens with zero attached hydrogens (tertiary/aromatic N) is 1. The summed E-state index contributed by atoms with van der Waals surface area (Å²) in [5.41, 5.74) is 4.18. The highest BCUT2D eigenvalue weighted by Gasteiger charge is 2.23. The minimum Gasteiger partial charge on any atom is -0.394 e. The number of hydrogen-bond acceptors (Lipinski definition) is 3. The van der Waals surface area contributed by atoms with Gasteiger partial charge in [-0.1, -0.05) is 32.0 Å². The smallest absolute Gasteiger partial charge is 0.0647 e. The lowest BCUT2D eigenvalue weighted by Crippen LogP contribution is -2.43. The van der Waals surface area contributed by atoms with Gasteiger partial charge in [0.25, 0.3) is 0 Å². The van der Waals surface area contributed by atoms with E-state index in [1.54, 1.807) is 0 Å². The first-order valence-electron chi connectivity index (χ1n) is 7.50. The van der Waals surface area contributed by atoms with Gasteiger partial charge in [-0.2, -0.15) is 0 Å². The second-order valence-corrected chi connectivity index (χ2v) is 5.22. The van der Waals surface area contributed by atoms with Crippen molar-refractivity contribution in [2.45, 2.75) is 39.2 Å². The molecule has 0 spiro atoms. The Morgan fingerprint density at radius 2 is 1.95 bits per heavy atom. The SMILES string of the molecule is CCc1cccc(CC)c1N1CCCNCC1CO. The summed E-state index contributed by atoms with van der Waals surface area (Å²) in [6.45, 7) is 7.58. The molecule has 1 fully saturated rings. The van der Waals surface area contributed by atoms with Gasteiger partial charge in [0, 0.05) is 18.8 Å². The molecule has 0 saturated carbocycles. The van der Waals surface area contributed by atoms with E-state index in [0.29, 0.717) is 0 Å². The molecule has 2 N–H and O–H groups in total. The van der Waals surface area contributed by atoms with Crippen LogP contribution in [0.1, 0.15) is 31.4 Å². The predicted molar refractivity (Wildman–Crippen MR) is 80.9 cm³/mol. The lowest BCUT2D eigenvalue weighted by Gasteiger charge is -2.34.